The predicted molar refractivity (Wildman–Crippen MR) is 138 cm³/mol. The zero-order valence-electron chi connectivity index (χ0n) is 21.2. The van der Waals surface area contributed by atoms with Gasteiger partial charge in [-0.2, -0.15) is 18.3 Å². The van der Waals surface area contributed by atoms with Crippen LogP contribution >= 0.6 is 0 Å². The van der Waals surface area contributed by atoms with Gasteiger partial charge in [0, 0.05) is 23.6 Å². The number of alkyl halides is 3. The van der Waals surface area contributed by atoms with Crippen molar-refractivity contribution in [2.75, 3.05) is 11.4 Å². The van der Waals surface area contributed by atoms with E-state index < -0.39 is 47.9 Å². The number of aliphatic hydroxyl groups is 1. The van der Waals surface area contributed by atoms with Gasteiger partial charge in [-0.3, -0.25) is 14.5 Å². The van der Waals surface area contributed by atoms with Crippen molar-refractivity contribution in [2.45, 2.75) is 31.7 Å². The first-order valence-corrected chi connectivity index (χ1v) is 12.5. The second kappa shape index (κ2) is 10.6. The summed E-state index contributed by atoms with van der Waals surface area (Å²) in [5.41, 5.74) is 0.453. The summed E-state index contributed by atoms with van der Waals surface area (Å²) in [4.78, 5) is 28.7. The van der Waals surface area contributed by atoms with Gasteiger partial charge >= 0.3 is 6.18 Å². The van der Waals surface area contributed by atoms with Crippen LogP contribution in [0.5, 0.6) is 0 Å². The van der Waals surface area contributed by atoms with E-state index in [0.29, 0.717) is 28.7 Å². The number of aliphatic hydroxyl groups excluding tert-OH is 1. The van der Waals surface area contributed by atoms with E-state index in [1.807, 2.05) is 6.07 Å². The number of nitrogens with one attached hydrogen (secondary N) is 1. The molecule has 5 rings (SSSR count). The Balaban J connectivity index is 1.67. The lowest BCUT2D eigenvalue weighted by atomic mass is 9.81. The minimum Gasteiger partial charge on any atom is -0.390 e. The van der Waals surface area contributed by atoms with Crippen molar-refractivity contribution in [3.05, 3.63) is 113 Å². The highest BCUT2D eigenvalue weighted by Crippen LogP contribution is 2.43. The molecule has 0 saturated carbocycles. The van der Waals surface area contributed by atoms with Gasteiger partial charge in [-0.25, -0.2) is 9.07 Å². The third-order valence-electron chi connectivity index (χ3n) is 6.84. The zero-order valence-corrected chi connectivity index (χ0v) is 21.2. The molecule has 1 aliphatic rings. The van der Waals surface area contributed by atoms with Crippen LogP contribution in [0.4, 0.5) is 23.4 Å². The number of likely N-dealkylation sites (N-methyl/N-ethyl adjacent to an activating group) is 1. The number of rotatable bonds is 6. The summed E-state index contributed by atoms with van der Waals surface area (Å²) in [6.45, 7) is 1.40. The largest absolute Gasteiger partial charge is 0.416 e. The van der Waals surface area contributed by atoms with Crippen molar-refractivity contribution in [2.24, 2.45) is 0 Å². The van der Waals surface area contributed by atoms with Crippen molar-refractivity contribution >= 4 is 17.6 Å². The van der Waals surface area contributed by atoms with Gasteiger partial charge in [0.1, 0.15) is 17.7 Å². The van der Waals surface area contributed by atoms with Gasteiger partial charge < -0.3 is 10.4 Å². The Hall–Kier alpha value is -4.51. The van der Waals surface area contributed by atoms with Crippen LogP contribution in [0.1, 0.15) is 45.6 Å². The fourth-order valence-electron chi connectivity index (χ4n) is 5.03. The Morgan fingerprint density at radius 1 is 1.02 bits per heavy atom. The van der Waals surface area contributed by atoms with Gasteiger partial charge in [-0.1, -0.05) is 36.4 Å². The zero-order chi connectivity index (χ0) is 28.6. The van der Waals surface area contributed by atoms with Crippen LogP contribution in [0.3, 0.4) is 0 Å². The molecule has 0 aliphatic carbocycles. The number of nitrogens with zero attached hydrogens (tertiary/aromatic N) is 3. The van der Waals surface area contributed by atoms with E-state index in [1.165, 1.54) is 39.9 Å². The number of amides is 2. The van der Waals surface area contributed by atoms with E-state index in [-0.39, 0.29) is 17.8 Å². The summed E-state index contributed by atoms with van der Waals surface area (Å²) in [6, 6.07) is 16.9. The summed E-state index contributed by atoms with van der Waals surface area (Å²) in [6.07, 6.45) is -4.66. The Bertz CT molecular complexity index is 1550. The summed E-state index contributed by atoms with van der Waals surface area (Å²) in [5, 5.41) is 17.5. The predicted octanol–water partition coefficient (Wildman–Crippen LogP) is 4.82. The van der Waals surface area contributed by atoms with Gasteiger partial charge in [-0.15, -0.1) is 0 Å². The van der Waals surface area contributed by atoms with E-state index >= 15 is 0 Å². The van der Waals surface area contributed by atoms with Gasteiger partial charge in [0.25, 0.3) is 11.8 Å². The van der Waals surface area contributed by atoms with Crippen molar-refractivity contribution < 1.29 is 32.3 Å². The molecule has 1 aliphatic heterocycles. The minimum absolute atomic E-state index is 0.168. The molecule has 2 heterocycles. The molecule has 0 radical (unpaired) electrons. The van der Waals surface area contributed by atoms with Crippen molar-refractivity contribution in [1.29, 1.82) is 0 Å². The van der Waals surface area contributed by atoms with Crippen molar-refractivity contribution in [1.82, 2.24) is 15.1 Å². The van der Waals surface area contributed by atoms with Gasteiger partial charge in [-0.05, 0) is 55.0 Å². The summed E-state index contributed by atoms with van der Waals surface area (Å²) >= 11 is 0. The van der Waals surface area contributed by atoms with Crippen LogP contribution in [-0.2, 0) is 17.6 Å². The van der Waals surface area contributed by atoms with Crippen LogP contribution in [0.25, 0.3) is 5.69 Å². The topological polar surface area (TPSA) is 87.5 Å². The number of hydrogen-bond donors (Lipinski definition) is 2. The van der Waals surface area contributed by atoms with Crippen molar-refractivity contribution in [3.63, 3.8) is 0 Å². The number of anilines is 1. The molecular weight excluding hydrogens is 528 g/mol. The van der Waals surface area contributed by atoms with Crippen molar-refractivity contribution in [3.8, 4) is 5.69 Å². The number of hydrogen-bond acceptors (Lipinski definition) is 4. The van der Waals surface area contributed by atoms with Crippen LogP contribution < -0.4 is 10.2 Å². The molecule has 2 N–H and O–H groups in total. The number of para-hydroxylation sites is 1. The van der Waals surface area contributed by atoms with Crippen LogP contribution in [-0.4, -0.2) is 39.3 Å². The molecule has 0 fully saturated rings. The Kier molecular flexibility index (Phi) is 7.16. The lowest BCUT2D eigenvalue weighted by molar-refractivity contribution is -0.137. The second-order valence-corrected chi connectivity index (χ2v) is 9.23. The maximum absolute atomic E-state index is 14.0. The molecule has 0 spiro atoms. The van der Waals surface area contributed by atoms with Crippen LogP contribution in [0, 0.1) is 5.82 Å². The molecule has 2 atom stereocenters. The fraction of sp³-hybridized carbons (Fsp3) is 0.207. The van der Waals surface area contributed by atoms with E-state index in [9.17, 15) is 32.3 Å². The molecule has 0 bridgehead atoms. The molecule has 2 amide bonds. The first kappa shape index (κ1) is 27.1. The quantitative estimate of drug-likeness (QED) is 0.336. The lowest BCUT2D eigenvalue weighted by Gasteiger charge is -2.38. The minimum atomic E-state index is -4.66. The first-order valence-electron chi connectivity index (χ1n) is 12.5. The maximum Gasteiger partial charge on any atom is 0.416 e. The molecule has 0 saturated heterocycles. The number of aromatic nitrogens is 2. The standard InChI is InChI=1S/C29H24F4N4O3/c1-2-36-27-24(22(16-38)35-37(27)21-9-4-3-5-10-21)23(17-11-13-20(30)14-12-17)25(28(36)40)34-26(39)18-7-6-8-19(15-18)29(31,32)33/h3-15,23,25,38H,2,16H2,1H3,(H,34,39). The Morgan fingerprint density at radius 2 is 1.73 bits per heavy atom. The average Bonchev–Trinajstić information content (AvgIpc) is 3.33. The van der Waals surface area contributed by atoms with E-state index in [0.717, 1.165) is 12.1 Å². The third kappa shape index (κ3) is 4.84. The molecular formula is C29H24F4N4O3. The second-order valence-electron chi connectivity index (χ2n) is 9.23. The summed E-state index contributed by atoms with van der Waals surface area (Å²) in [7, 11) is 0. The highest BCUT2D eigenvalue weighted by atomic mass is 19.4. The molecule has 1 aromatic heterocycles. The fourth-order valence-corrected chi connectivity index (χ4v) is 5.03. The maximum atomic E-state index is 14.0. The molecule has 40 heavy (non-hydrogen) atoms. The lowest BCUT2D eigenvalue weighted by Crippen LogP contribution is -2.55. The Morgan fingerprint density at radius 3 is 2.35 bits per heavy atom. The Labute approximate surface area is 226 Å². The first-order chi connectivity index (χ1) is 19.1. The smallest absolute Gasteiger partial charge is 0.390 e. The normalized spacial score (nSPS) is 17.1. The third-order valence-corrected chi connectivity index (χ3v) is 6.84. The molecule has 3 aromatic carbocycles. The van der Waals surface area contributed by atoms with Gasteiger partial charge in [0.15, 0.2) is 0 Å². The van der Waals surface area contributed by atoms with Gasteiger partial charge in [0.05, 0.1) is 23.6 Å². The summed E-state index contributed by atoms with van der Waals surface area (Å²) in [5.74, 6) is -2.50. The molecule has 2 unspecified atom stereocenters. The number of fused-ring (bicyclic) bond motifs is 1. The van der Waals surface area contributed by atoms with E-state index in [1.54, 1.807) is 31.2 Å². The number of halogens is 4. The highest BCUT2D eigenvalue weighted by molar-refractivity contribution is 6.05. The summed E-state index contributed by atoms with van der Waals surface area (Å²) < 4.78 is 55.3. The molecule has 7 nitrogen and oxygen atoms in total. The highest BCUT2D eigenvalue weighted by Gasteiger charge is 2.46. The number of benzene rings is 3. The number of carbonyl (C=O) groups is 2. The number of carbonyl (C=O) groups excluding carboxylic acids is 2. The molecule has 4 aromatic rings. The molecule has 11 heteroatoms. The van der Waals surface area contributed by atoms with Crippen LogP contribution in [0.2, 0.25) is 0 Å². The monoisotopic (exact) mass is 552 g/mol. The molecule has 206 valence electrons. The van der Waals surface area contributed by atoms with E-state index in [4.69, 9.17) is 0 Å². The van der Waals surface area contributed by atoms with E-state index in [2.05, 4.69) is 10.4 Å². The average molecular weight is 553 g/mol. The van der Waals surface area contributed by atoms with Gasteiger partial charge in [0.2, 0.25) is 0 Å². The SMILES string of the molecule is CCN1C(=O)C(NC(=O)c2cccc(C(F)(F)F)c2)C(c2ccc(F)cc2)c2c(CO)nn(-c3ccccc3)c21. The van der Waals surface area contributed by atoms with Crippen LogP contribution in [0.15, 0.2) is 78.9 Å².